The average Bonchev–Trinajstić information content (AvgIpc) is 1.62. The van der Waals surface area contributed by atoms with Gasteiger partial charge in [-0.25, -0.2) is 29.9 Å². The van der Waals surface area contributed by atoms with Gasteiger partial charge in [-0.15, -0.1) is 40.8 Å². The van der Waals surface area contributed by atoms with Gasteiger partial charge >= 0.3 is 0 Å². The van der Waals surface area contributed by atoms with E-state index in [0.29, 0.717) is 70.4 Å². The molecule has 4 aliphatic carbocycles. The largest absolute Gasteiger partial charge is 0.436 e. The fourth-order valence-corrected chi connectivity index (χ4v) is 19.2. The topological polar surface area (TPSA) is 389 Å². The van der Waals surface area contributed by atoms with Crippen LogP contribution in [0.25, 0.3) is 21.8 Å². The molecule has 4 atom stereocenters. The molecule has 120 heavy (non-hydrogen) atoms. The molecule has 29 nitrogen and oxygen atoms in total. The highest BCUT2D eigenvalue weighted by atomic mass is 16.5. The zero-order chi connectivity index (χ0) is 81.2. The van der Waals surface area contributed by atoms with Crippen LogP contribution in [0, 0.1) is 21.7 Å². The molecule has 4 aliphatic heterocycles. The van der Waals surface area contributed by atoms with Crippen molar-refractivity contribution < 1.29 is 18.9 Å². The van der Waals surface area contributed by atoms with E-state index in [1.54, 1.807) is 49.3 Å². The van der Waals surface area contributed by atoms with Crippen LogP contribution in [0.4, 0.5) is 29.6 Å². The van der Waals surface area contributed by atoms with Gasteiger partial charge < -0.3 is 72.2 Å². The van der Waals surface area contributed by atoms with Crippen LogP contribution < -0.4 is 67.2 Å². The predicted molar refractivity (Wildman–Crippen MR) is 456 cm³/mol. The highest BCUT2D eigenvalue weighted by molar-refractivity contribution is 5.87. The molecule has 4 fully saturated rings. The Bertz CT molecular complexity index is 5880. The number of benzene rings is 6. The van der Waals surface area contributed by atoms with E-state index in [1.165, 1.54) is 50.7 Å². The maximum atomic E-state index is 6.69. The second-order valence-electron chi connectivity index (χ2n) is 32.8. The Balaban J connectivity index is 0.000000106. The Hall–Kier alpha value is -13.4. The molecule has 4 spiro atoms. The summed E-state index contributed by atoms with van der Waals surface area (Å²) in [7, 11) is 0. The summed E-state index contributed by atoms with van der Waals surface area (Å²) in [6.07, 6.45) is 27.5. The molecule has 6 aromatic carbocycles. The molecule has 8 aliphatic rings. The number of aromatic nitrogens is 16. The highest BCUT2D eigenvalue weighted by Gasteiger charge is 2.50. The van der Waals surface area contributed by atoms with Crippen molar-refractivity contribution >= 4 is 51.4 Å². The number of fused-ring (bicyclic) bond motifs is 6. The number of piperidine rings is 4. The number of nitrogen functional groups attached to an aromatic ring is 1. The maximum Gasteiger partial charge on any atom is 0.257 e. The lowest BCUT2D eigenvalue weighted by molar-refractivity contribution is 0.186. The van der Waals surface area contributed by atoms with Crippen molar-refractivity contribution in [2.75, 3.05) is 77.7 Å². The van der Waals surface area contributed by atoms with Gasteiger partial charge in [0, 0.05) is 111 Å². The number of aromatic amines is 1. The zero-order valence-electron chi connectivity index (χ0n) is 66.4. The number of nitrogens with zero attached hydrogens (tertiary/aromatic N) is 19. The van der Waals surface area contributed by atoms with Gasteiger partial charge in [0.2, 0.25) is 23.8 Å². The third-order valence-corrected chi connectivity index (χ3v) is 26.1. The summed E-state index contributed by atoms with van der Waals surface area (Å²) in [6, 6.07) is 59.3. The van der Waals surface area contributed by atoms with Crippen molar-refractivity contribution in [3.8, 4) is 46.5 Å². The Morgan fingerprint density at radius 3 is 1.10 bits per heavy atom. The van der Waals surface area contributed by atoms with Gasteiger partial charge in [0.1, 0.15) is 34.5 Å². The SMILES string of the molecule is N[C@@H]1c2ccccc2CC12CCN(c1ncc(Oc3cccc4cnccc34)nn1)CC2.N[C@@H]1c2ccccc2CC12CCN(c1ncc(Oc3ccccc3)nn1)CC2.N[C@@H]1c2ccccc2CC12CCN(c1ncc(Oc3cnc4[nH]ccc4c3)nn1)CC2.Nc1ccc(Oc2cnc(N3CCC4(CC3)Cc3ccccc3[C@H]4N)nn2)cn1. The highest BCUT2D eigenvalue weighted by Crippen LogP contribution is 2.55. The van der Waals surface area contributed by atoms with Crippen LogP contribution in [0.15, 0.2) is 232 Å². The minimum Gasteiger partial charge on any atom is -0.436 e. The van der Waals surface area contributed by atoms with Crippen LogP contribution in [0.1, 0.15) is 120 Å². The van der Waals surface area contributed by atoms with Crippen LogP contribution in [0.5, 0.6) is 46.5 Å². The quantitative estimate of drug-likeness (QED) is 0.0661. The molecule has 11 N–H and O–H groups in total. The van der Waals surface area contributed by atoms with Crippen molar-refractivity contribution in [3.63, 3.8) is 0 Å². The number of nitrogens with one attached hydrogen (secondary N) is 1. The monoisotopic (exact) mass is 1600 g/mol. The second kappa shape index (κ2) is 32.9. The van der Waals surface area contributed by atoms with E-state index in [4.69, 9.17) is 47.6 Å². The molecule has 8 aromatic heterocycles. The van der Waals surface area contributed by atoms with Crippen LogP contribution in [0.2, 0.25) is 0 Å². The molecule has 4 saturated heterocycles. The first-order chi connectivity index (χ1) is 58.8. The number of pyridine rings is 3. The van der Waals surface area contributed by atoms with Crippen molar-refractivity contribution in [2.45, 2.75) is 101 Å². The number of hydrogen-bond acceptors (Lipinski definition) is 28. The summed E-state index contributed by atoms with van der Waals surface area (Å²) in [4.78, 5) is 42.2. The minimum atomic E-state index is 0.101. The molecule has 0 bridgehead atoms. The van der Waals surface area contributed by atoms with Crippen molar-refractivity contribution in [1.82, 2.24) is 80.7 Å². The Morgan fingerprint density at radius 1 is 0.325 bits per heavy atom. The molecule has 0 radical (unpaired) electrons. The fraction of sp³-hybridized carbons (Fsp3) is 0.308. The minimum absolute atomic E-state index is 0.101. The summed E-state index contributed by atoms with van der Waals surface area (Å²) >= 11 is 0. The molecule has 12 heterocycles. The van der Waals surface area contributed by atoms with E-state index in [-0.39, 0.29) is 45.8 Å². The van der Waals surface area contributed by atoms with Crippen molar-refractivity contribution in [3.05, 3.63) is 276 Å². The Morgan fingerprint density at radius 2 is 0.708 bits per heavy atom. The van der Waals surface area contributed by atoms with E-state index in [9.17, 15) is 0 Å². The third-order valence-electron chi connectivity index (χ3n) is 26.1. The summed E-state index contributed by atoms with van der Waals surface area (Å²) < 4.78 is 23.0. The van der Waals surface area contributed by atoms with E-state index in [0.717, 1.165) is 157 Å². The number of H-pyrrole nitrogens is 1. The van der Waals surface area contributed by atoms with Gasteiger partial charge in [0.15, 0.2) is 0 Å². The number of nitrogens with two attached hydrogens (primary N) is 5. The molecule has 606 valence electrons. The molecule has 14 aromatic rings. The lowest BCUT2D eigenvalue weighted by Crippen LogP contribution is -2.45. The first-order valence-electron chi connectivity index (χ1n) is 41.1. The van der Waals surface area contributed by atoms with Gasteiger partial charge in [0.25, 0.3) is 23.5 Å². The lowest BCUT2D eigenvalue weighted by Gasteiger charge is -2.42. The standard InChI is InChI=1S/C25H24N6O.C23H23N7O.C22H23N5O.C21H23N7O/c26-23-20-6-2-1-4-17(20)14-25(23)9-12-31(13-10-25)24-28-16-22(29-30-24)32-21-7-3-5-18-15-27-11-8-19(18)21;24-20-18-4-2-1-3-16(18)12-23(20)6-9-30(10-7-23)22-27-14-19(28-29-22)31-17-11-15-5-8-25-21(15)26-13-17;23-20-18-9-5-4-6-16(18)14-22(20)10-12-27(13-11-22)21-24-15-19(25-26-21)28-17-7-2-1-3-8-17;22-17-6-5-15(12-24-17)29-18-13-25-20(27-26-18)28-9-7-21(8-10-28)11-14-3-1-2-4-16(14)19(21)23/h1-8,11,15-16,23H,9-10,12-14,26H2;1-5,8,11,13-14,20H,6-7,9-10,12,24H2,(H,25,26);1-9,15,20H,10-14,23H2;1-6,12-13,19H,7-11,23H2,(H2,22,24)/t23-;2*20-;19-/m1111/s1. The summed E-state index contributed by atoms with van der Waals surface area (Å²) in [5.74, 6) is 6.99. The number of ether oxygens (including phenoxy) is 4. The van der Waals surface area contributed by atoms with Gasteiger partial charge in [-0.3, -0.25) is 4.98 Å². The first-order valence-corrected chi connectivity index (χ1v) is 41.1. The number of anilines is 5. The molecule has 0 amide bonds. The molecular formula is C91H93N25O4. The average molecular weight is 1600 g/mol. The van der Waals surface area contributed by atoms with Gasteiger partial charge in [-0.1, -0.05) is 127 Å². The number of rotatable bonds is 12. The fourth-order valence-electron chi connectivity index (χ4n) is 19.2. The van der Waals surface area contributed by atoms with E-state index >= 15 is 0 Å². The van der Waals surface area contributed by atoms with Gasteiger partial charge in [-0.2, -0.15) is 0 Å². The van der Waals surface area contributed by atoms with E-state index in [2.05, 4.69) is 197 Å². The number of para-hydroxylation sites is 1. The van der Waals surface area contributed by atoms with Crippen LogP contribution in [-0.2, 0) is 25.7 Å². The molecule has 22 rings (SSSR count). The number of hydrogen-bond donors (Lipinski definition) is 6. The van der Waals surface area contributed by atoms with E-state index in [1.807, 2.05) is 79.1 Å². The molecule has 0 unspecified atom stereocenters. The van der Waals surface area contributed by atoms with Gasteiger partial charge in [-0.05, 0) is 192 Å². The smallest absolute Gasteiger partial charge is 0.257 e. The zero-order valence-corrected chi connectivity index (χ0v) is 66.4. The molecule has 0 saturated carbocycles. The molecule has 29 heteroatoms. The first kappa shape index (κ1) is 76.6. The normalized spacial score (nSPS) is 19.7. The van der Waals surface area contributed by atoms with Crippen molar-refractivity contribution in [1.29, 1.82) is 0 Å². The summed E-state index contributed by atoms with van der Waals surface area (Å²) in [5, 5.41) is 37.0. The second-order valence-corrected chi connectivity index (χ2v) is 32.8. The third kappa shape index (κ3) is 15.6. The predicted octanol–water partition coefficient (Wildman–Crippen LogP) is 13.4. The maximum absolute atomic E-state index is 6.69. The molecular weight excluding hydrogens is 1510 g/mol. The lowest BCUT2D eigenvalue weighted by atomic mass is 9.73. The van der Waals surface area contributed by atoms with Gasteiger partial charge in [0.05, 0.1) is 37.2 Å². The Labute approximate surface area is 693 Å². The van der Waals surface area contributed by atoms with Crippen molar-refractivity contribution in [2.24, 2.45) is 44.6 Å². The summed E-state index contributed by atoms with van der Waals surface area (Å²) in [6.45, 7) is 7.01. The Kier molecular flexibility index (Phi) is 21.0. The van der Waals surface area contributed by atoms with Crippen LogP contribution >= 0.6 is 0 Å². The summed E-state index contributed by atoms with van der Waals surface area (Å²) in [5.41, 5.74) is 44.5. The van der Waals surface area contributed by atoms with E-state index < -0.39 is 0 Å². The van der Waals surface area contributed by atoms with Crippen LogP contribution in [0.3, 0.4) is 0 Å². The van der Waals surface area contributed by atoms with Crippen LogP contribution in [-0.4, -0.2) is 133 Å².